The molecule has 0 saturated carbocycles. The topological polar surface area (TPSA) is 34.1 Å². The number of hydrogen-bond donors (Lipinski definition) is 0. The number of carbonyl (C=O) groups is 2. The zero-order valence-corrected chi connectivity index (χ0v) is 17.1. The lowest BCUT2D eigenvalue weighted by Gasteiger charge is -2.17. The fraction of sp³-hybridized carbons (Fsp3) is 0. The van der Waals surface area contributed by atoms with E-state index in [4.69, 9.17) is 0 Å². The van der Waals surface area contributed by atoms with E-state index in [1.807, 2.05) is 60.7 Å². The molecule has 0 spiro atoms. The molecule has 0 heterocycles. The van der Waals surface area contributed by atoms with Crippen molar-refractivity contribution in [2.24, 2.45) is 0 Å². The van der Waals surface area contributed by atoms with Crippen molar-refractivity contribution in [2.75, 3.05) is 0 Å². The molecule has 4 aromatic rings. The quantitative estimate of drug-likeness (QED) is 0.328. The average Bonchev–Trinajstić information content (AvgIpc) is 2.86. The first-order valence-electron chi connectivity index (χ1n) is 10.2. The first-order valence-corrected chi connectivity index (χ1v) is 10.2. The zero-order valence-electron chi connectivity index (χ0n) is 17.1. The van der Waals surface area contributed by atoms with E-state index in [2.05, 4.69) is 23.7 Å². The summed E-state index contributed by atoms with van der Waals surface area (Å²) in [7, 11) is 0. The van der Waals surface area contributed by atoms with Gasteiger partial charge in [-0.3, -0.25) is 9.59 Å². The van der Waals surface area contributed by atoms with Gasteiger partial charge in [0.05, 0.1) is 0 Å². The lowest BCUT2D eigenvalue weighted by Crippen LogP contribution is -2.21. The predicted molar refractivity (Wildman–Crippen MR) is 125 cm³/mol. The molecule has 5 rings (SSSR count). The van der Waals surface area contributed by atoms with E-state index in [-0.39, 0.29) is 11.6 Å². The molecule has 32 heavy (non-hydrogen) atoms. The summed E-state index contributed by atoms with van der Waals surface area (Å²) < 4.78 is 0. The Hall–Kier alpha value is -4.66. The summed E-state index contributed by atoms with van der Waals surface area (Å²) in [5.41, 5.74) is 4.77. The van der Waals surface area contributed by atoms with E-state index >= 15 is 0 Å². The SMILES string of the molecule is O=C1c2ccc(C#Cc3ccccc3)cc2C(=O)c2ccc(C#Cc3ccccc3)cc21. The third-order valence-electron chi connectivity index (χ3n) is 5.27. The van der Waals surface area contributed by atoms with E-state index in [0.717, 1.165) is 11.1 Å². The van der Waals surface area contributed by atoms with Crippen molar-refractivity contribution in [2.45, 2.75) is 0 Å². The van der Waals surface area contributed by atoms with Crippen LogP contribution in [0.3, 0.4) is 0 Å². The van der Waals surface area contributed by atoms with Crippen molar-refractivity contribution in [3.63, 3.8) is 0 Å². The summed E-state index contributed by atoms with van der Waals surface area (Å²) in [5, 5.41) is 0. The molecular formula is C30H16O2. The third-order valence-corrected chi connectivity index (χ3v) is 5.27. The molecule has 0 saturated heterocycles. The van der Waals surface area contributed by atoms with Gasteiger partial charge in [-0.15, -0.1) is 0 Å². The summed E-state index contributed by atoms with van der Waals surface area (Å²) in [5.74, 6) is 12.0. The van der Waals surface area contributed by atoms with Gasteiger partial charge in [0.2, 0.25) is 0 Å². The molecular weight excluding hydrogens is 392 g/mol. The Morgan fingerprint density at radius 1 is 0.375 bits per heavy atom. The van der Waals surface area contributed by atoms with Crippen molar-refractivity contribution >= 4 is 11.6 Å². The van der Waals surface area contributed by atoms with Crippen LogP contribution in [0.2, 0.25) is 0 Å². The van der Waals surface area contributed by atoms with Gasteiger partial charge in [-0.2, -0.15) is 0 Å². The maximum absolute atomic E-state index is 13.1. The number of fused-ring (bicyclic) bond motifs is 2. The zero-order chi connectivity index (χ0) is 21.9. The van der Waals surface area contributed by atoms with Gasteiger partial charge in [0.15, 0.2) is 11.6 Å². The van der Waals surface area contributed by atoms with E-state index in [9.17, 15) is 9.59 Å². The van der Waals surface area contributed by atoms with Crippen molar-refractivity contribution in [1.82, 2.24) is 0 Å². The maximum Gasteiger partial charge on any atom is 0.194 e. The summed E-state index contributed by atoms with van der Waals surface area (Å²) in [6, 6.07) is 29.6. The van der Waals surface area contributed by atoms with Gasteiger partial charge in [-0.05, 0) is 60.7 Å². The van der Waals surface area contributed by atoms with Crippen LogP contribution < -0.4 is 0 Å². The Kier molecular flexibility index (Phi) is 4.97. The van der Waals surface area contributed by atoms with Gasteiger partial charge in [0.25, 0.3) is 0 Å². The highest BCUT2D eigenvalue weighted by Gasteiger charge is 2.29. The molecule has 4 aromatic carbocycles. The van der Waals surface area contributed by atoms with Crippen molar-refractivity contribution in [3.05, 3.63) is 142 Å². The second kappa shape index (κ2) is 8.23. The van der Waals surface area contributed by atoms with Crippen LogP contribution in [0.1, 0.15) is 54.1 Å². The minimum absolute atomic E-state index is 0.166. The Morgan fingerprint density at radius 2 is 0.750 bits per heavy atom. The molecule has 2 heteroatoms. The lowest BCUT2D eigenvalue weighted by molar-refractivity contribution is 0.0979. The highest BCUT2D eigenvalue weighted by Crippen LogP contribution is 2.28. The van der Waals surface area contributed by atoms with Crippen molar-refractivity contribution in [1.29, 1.82) is 0 Å². The molecule has 0 atom stereocenters. The normalized spacial score (nSPS) is 11.4. The second-order valence-corrected chi connectivity index (χ2v) is 7.41. The van der Waals surface area contributed by atoms with Crippen molar-refractivity contribution < 1.29 is 9.59 Å². The van der Waals surface area contributed by atoms with Gasteiger partial charge in [0, 0.05) is 44.5 Å². The largest absolute Gasteiger partial charge is 0.289 e. The Balaban J connectivity index is 1.48. The van der Waals surface area contributed by atoms with E-state index in [0.29, 0.717) is 33.4 Å². The van der Waals surface area contributed by atoms with E-state index in [1.165, 1.54) is 0 Å². The molecule has 0 amide bonds. The van der Waals surface area contributed by atoms with Gasteiger partial charge in [0.1, 0.15) is 0 Å². The van der Waals surface area contributed by atoms with Gasteiger partial charge in [-0.25, -0.2) is 0 Å². The lowest BCUT2D eigenvalue weighted by atomic mass is 9.82. The molecule has 1 aliphatic carbocycles. The van der Waals surface area contributed by atoms with Crippen LogP contribution in [0.5, 0.6) is 0 Å². The summed E-state index contributed by atoms with van der Waals surface area (Å²) in [6.45, 7) is 0. The van der Waals surface area contributed by atoms with Crippen LogP contribution in [0.25, 0.3) is 0 Å². The maximum atomic E-state index is 13.1. The number of benzene rings is 4. The molecule has 0 bridgehead atoms. The van der Waals surface area contributed by atoms with Crippen LogP contribution in [0.4, 0.5) is 0 Å². The highest BCUT2D eigenvalue weighted by atomic mass is 16.1. The Bertz CT molecular complexity index is 1370. The fourth-order valence-corrected chi connectivity index (χ4v) is 3.64. The molecule has 0 radical (unpaired) electrons. The smallest absolute Gasteiger partial charge is 0.194 e. The monoisotopic (exact) mass is 408 g/mol. The molecule has 0 aliphatic heterocycles. The minimum atomic E-state index is -0.166. The molecule has 0 N–H and O–H groups in total. The average molecular weight is 408 g/mol. The standard InChI is InChI=1S/C30H16O2/c31-29-26-18-16-24(14-12-22-9-5-2-6-10-22)20-28(26)30(32)25-17-15-23(19-27(25)29)13-11-21-7-3-1-4-8-21/h1-10,15-20H. The number of rotatable bonds is 0. The second-order valence-electron chi connectivity index (χ2n) is 7.41. The minimum Gasteiger partial charge on any atom is -0.289 e. The van der Waals surface area contributed by atoms with Crippen LogP contribution in [-0.4, -0.2) is 11.6 Å². The first kappa shape index (κ1) is 19.3. The van der Waals surface area contributed by atoms with Gasteiger partial charge in [-0.1, -0.05) is 60.1 Å². The number of carbonyl (C=O) groups excluding carboxylic acids is 2. The molecule has 1 aliphatic rings. The van der Waals surface area contributed by atoms with Crippen LogP contribution in [0, 0.1) is 23.7 Å². The molecule has 0 unspecified atom stereocenters. The molecule has 0 fully saturated rings. The number of ketones is 2. The molecule has 148 valence electrons. The van der Waals surface area contributed by atoms with Gasteiger partial charge < -0.3 is 0 Å². The van der Waals surface area contributed by atoms with Crippen LogP contribution in [-0.2, 0) is 0 Å². The highest BCUT2D eigenvalue weighted by molar-refractivity contribution is 6.28. The summed E-state index contributed by atoms with van der Waals surface area (Å²) in [4.78, 5) is 26.3. The van der Waals surface area contributed by atoms with Crippen LogP contribution in [0.15, 0.2) is 97.1 Å². The fourth-order valence-electron chi connectivity index (χ4n) is 3.64. The molecule has 2 nitrogen and oxygen atoms in total. The molecule has 0 aromatic heterocycles. The number of hydrogen-bond acceptors (Lipinski definition) is 2. The van der Waals surface area contributed by atoms with E-state index < -0.39 is 0 Å². The summed E-state index contributed by atoms with van der Waals surface area (Å²) >= 11 is 0. The van der Waals surface area contributed by atoms with Crippen molar-refractivity contribution in [3.8, 4) is 23.7 Å². The first-order chi connectivity index (χ1) is 15.7. The Morgan fingerprint density at radius 3 is 1.16 bits per heavy atom. The van der Waals surface area contributed by atoms with Gasteiger partial charge >= 0.3 is 0 Å². The predicted octanol–water partition coefficient (Wildman–Crippen LogP) is 5.26. The Labute approximate surface area is 186 Å². The van der Waals surface area contributed by atoms with Crippen LogP contribution >= 0.6 is 0 Å². The van der Waals surface area contributed by atoms with E-state index in [1.54, 1.807) is 36.4 Å². The third kappa shape index (κ3) is 3.74. The summed E-state index contributed by atoms with van der Waals surface area (Å²) in [6.07, 6.45) is 0.